The van der Waals surface area contributed by atoms with Crippen LogP contribution in [0.4, 0.5) is 0 Å². The molecule has 0 rings (SSSR count). The maximum absolute atomic E-state index is 5.45. The Hall–Kier alpha value is -0.220. The van der Waals surface area contributed by atoms with E-state index in [1.165, 1.54) is 18.2 Å². The second-order valence-electron chi connectivity index (χ2n) is 3.16. The lowest BCUT2D eigenvalue weighted by atomic mass is 10.1. The largest absolute Gasteiger partial charge is 0.465 e. The molecule has 0 N–H and O–H groups in total. The molecular formula is C11H20O2S2. The Labute approximate surface area is 102 Å². The van der Waals surface area contributed by atoms with Gasteiger partial charge in [-0.1, -0.05) is 25.1 Å². The lowest BCUT2D eigenvalue weighted by molar-refractivity contribution is 0.109. The fourth-order valence-corrected chi connectivity index (χ4v) is 1.27. The third kappa shape index (κ3) is 6.79. The van der Waals surface area contributed by atoms with Crippen LogP contribution in [0.2, 0.25) is 0 Å². The first-order chi connectivity index (χ1) is 7.15. The van der Waals surface area contributed by atoms with Crippen LogP contribution in [0.1, 0.15) is 40.0 Å². The van der Waals surface area contributed by atoms with E-state index in [2.05, 4.69) is 6.92 Å². The first kappa shape index (κ1) is 14.8. The van der Waals surface area contributed by atoms with Gasteiger partial charge in [0.25, 0.3) is 5.95 Å². The summed E-state index contributed by atoms with van der Waals surface area (Å²) in [6.07, 6.45) is 5.22. The van der Waals surface area contributed by atoms with Crippen LogP contribution in [0.3, 0.4) is 0 Å². The fourth-order valence-electron chi connectivity index (χ4n) is 1.03. The van der Waals surface area contributed by atoms with E-state index in [1.54, 1.807) is 0 Å². The molecule has 4 heteroatoms. The number of unbranched alkanes of at least 4 members (excludes halogenated alkanes) is 1. The number of rotatable bonds is 6. The van der Waals surface area contributed by atoms with Gasteiger partial charge in [-0.2, -0.15) is 0 Å². The average Bonchev–Trinajstić information content (AvgIpc) is 2.24. The number of thioether (sulfide) groups is 1. The van der Waals surface area contributed by atoms with Crippen molar-refractivity contribution in [2.24, 2.45) is 0 Å². The predicted octanol–water partition coefficient (Wildman–Crippen LogP) is 4.11. The van der Waals surface area contributed by atoms with E-state index in [4.69, 9.17) is 21.7 Å². The van der Waals surface area contributed by atoms with Crippen molar-refractivity contribution >= 4 is 28.4 Å². The van der Waals surface area contributed by atoms with Crippen LogP contribution in [0.25, 0.3) is 0 Å². The van der Waals surface area contributed by atoms with E-state index in [1.807, 2.05) is 20.1 Å². The second-order valence-corrected chi connectivity index (χ2v) is 4.57. The van der Waals surface area contributed by atoms with Gasteiger partial charge >= 0.3 is 0 Å². The third-order valence-electron chi connectivity index (χ3n) is 1.87. The highest BCUT2D eigenvalue weighted by Gasteiger charge is 2.07. The molecule has 0 aromatic rings. The molecule has 0 aromatic carbocycles. The summed E-state index contributed by atoms with van der Waals surface area (Å²) in [6.45, 7) is 6.75. The third-order valence-corrected chi connectivity index (χ3v) is 2.87. The summed E-state index contributed by atoms with van der Waals surface area (Å²) in [6, 6.07) is 0. The molecule has 0 aliphatic heterocycles. The number of hydrogen-bond donors (Lipinski definition) is 0. The Morgan fingerprint density at radius 1 is 1.33 bits per heavy atom. The van der Waals surface area contributed by atoms with Crippen LogP contribution in [-0.4, -0.2) is 17.2 Å². The summed E-state index contributed by atoms with van der Waals surface area (Å²) < 4.78 is 11.4. The lowest BCUT2D eigenvalue weighted by Gasteiger charge is -2.12. The van der Waals surface area contributed by atoms with Gasteiger partial charge in [0.15, 0.2) is 0 Å². The molecule has 0 amide bonds. The number of ether oxygens (including phenoxy) is 2. The summed E-state index contributed by atoms with van der Waals surface area (Å²) in [4.78, 5) is 0. The molecule has 0 aliphatic rings. The van der Waals surface area contributed by atoms with Crippen molar-refractivity contribution in [1.29, 1.82) is 0 Å². The topological polar surface area (TPSA) is 18.5 Å². The zero-order chi connectivity index (χ0) is 11.7. The highest BCUT2D eigenvalue weighted by Crippen LogP contribution is 2.17. The molecular weight excluding hydrogens is 228 g/mol. The maximum atomic E-state index is 5.45. The molecule has 0 heterocycles. The summed E-state index contributed by atoms with van der Waals surface area (Å²) in [5.74, 6) is 0.588. The van der Waals surface area contributed by atoms with Crippen LogP contribution in [-0.2, 0) is 9.47 Å². The van der Waals surface area contributed by atoms with Crippen LogP contribution >= 0.6 is 24.0 Å². The highest BCUT2D eigenvalue weighted by atomic mass is 32.2. The normalized spacial score (nSPS) is 12.0. The Morgan fingerprint density at radius 2 is 2.00 bits per heavy atom. The van der Waals surface area contributed by atoms with Crippen molar-refractivity contribution in [3.63, 3.8) is 0 Å². The first-order valence-corrected chi connectivity index (χ1v) is 6.87. The highest BCUT2D eigenvalue weighted by molar-refractivity contribution is 8.22. The lowest BCUT2D eigenvalue weighted by Crippen LogP contribution is -2.04. The van der Waals surface area contributed by atoms with Gasteiger partial charge in [-0.3, -0.25) is 0 Å². The van der Waals surface area contributed by atoms with Crippen molar-refractivity contribution < 1.29 is 9.47 Å². The standard InChI is InChI=1S/C11H20O2S2/c1-5-7-8-9(3)10(12-6-2)13-11(14)15-4/h5-8H2,1-4H3/b10-9+. The first-order valence-electron chi connectivity index (χ1n) is 5.24. The molecule has 0 spiro atoms. The van der Waals surface area contributed by atoms with Gasteiger partial charge in [-0.25, -0.2) is 0 Å². The van der Waals surface area contributed by atoms with Crippen molar-refractivity contribution in [2.45, 2.75) is 40.0 Å². The molecule has 88 valence electrons. The van der Waals surface area contributed by atoms with Gasteiger partial charge in [0.2, 0.25) is 4.38 Å². The molecule has 0 aliphatic carbocycles. The second kappa shape index (κ2) is 9.04. The average molecular weight is 248 g/mol. The molecule has 0 radical (unpaired) electrons. The molecule has 0 saturated carbocycles. The number of thiocarbonyl (C=S) groups is 1. The van der Waals surface area contributed by atoms with Crippen LogP contribution < -0.4 is 0 Å². The minimum absolute atomic E-state index is 0.509. The Bertz CT molecular complexity index is 225. The van der Waals surface area contributed by atoms with Crippen molar-refractivity contribution in [2.75, 3.05) is 12.9 Å². The fraction of sp³-hybridized carbons (Fsp3) is 0.727. The summed E-state index contributed by atoms with van der Waals surface area (Å²) in [5.41, 5.74) is 1.13. The predicted molar refractivity (Wildman–Crippen MR) is 71.0 cm³/mol. The van der Waals surface area contributed by atoms with Gasteiger partial charge in [0, 0.05) is 5.57 Å². The van der Waals surface area contributed by atoms with Gasteiger partial charge in [-0.05, 0) is 45.2 Å². The minimum atomic E-state index is 0.509. The molecule has 0 bridgehead atoms. The van der Waals surface area contributed by atoms with E-state index < -0.39 is 0 Å². The molecule has 0 fully saturated rings. The summed E-state index contributed by atoms with van der Waals surface area (Å²) in [5, 5.41) is 0. The van der Waals surface area contributed by atoms with Crippen molar-refractivity contribution in [3.05, 3.63) is 11.5 Å². The monoisotopic (exact) mass is 248 g/mol. The van der Waals surface area contributed by atoms with Crippen LogP contribution in [0, 0.1) is 0 Å². The van der Waals surface area contributed by atoms with Crippen molar-refractivity contribution in [3.8, 4) is 0 Å². The maximum Gasteiger partial charge on any atom is 0.284 e. The minimum Gasteiger partial charge on any atom is -0.465 e. The summed E-state index contributed by atoms with van der Waals surface area (Å²) in [7, 11) is 0. The van der Waals surface area contributed by atoms with Crippen LogP contribution in [0.15, 0.2) is 11.5 Å². The SMILES string of the molecule is CCCC/C(C)=C(\OCC)OC(=S)SC. The van der Waals surface area contributed by atoms with E-state index in [-0.39, 0.29) is 0 Å². The smallest absolute Gasteiger partial charge is 0.284 e. The van der Waals surface area contributed by atoms with E-state index in [0.717, 1.165) is 18.4 Å². The van der Waals surface area contributed by atoms with Crippen LogP contribution in [0.5, 0.6) is 0 Å². The Balaban J connectivity index is 4.38. The van der Waals surface area contributed by atoms with Gasteiger partial charge in [-0.15, -0.1) is 0 Å². The van der Waals surface area contributed by atoms with Gasteiger partial charge < -0.3 is 9.47 Å². The molecule has 0 aromatic heterocycles. The molecule has 0 atom stereocenters. The van der Waals surface area contributed by atoms with E-state index in [0.29, 0.717) is 16.9 Å². The van der Waals surface area contributed by atoms with E-state index in [9.17, 15) is 0 Å². The van der Waals surface area contributed by atoms with E-state index >= 15 is 0 Å². The Morgan fingerprint density at radius 3 is 2.47 bits per heavy atom. The number of hydrogen-bond acceptors (Lipinski definition) is 4. The zero-order valence-corrected chi connectivity index (χ0v) is 11.6. The van der Waals surface area contributed by atoms with Gasteiger partial charge in [0.05, 0.1) is 6.61 Å². The number of allylic oxidation sites excluding steroid dienone is 1. The molecule has 2 nitrogen and oxygen atoms in total. The quantitative estimate of drug-likeness (QED) is 0.520. The summed E-state index contributed by atoms with van der Waals surface area (Å²) >= 11 is 6.42. The van der Waals surface area contributed by atoms with Crippen molar-refractivity contribution in [1.82, 2.24) is 0 Å². The molecule has 15 heavy (non-hydrogen) atoms. The van der Waals surface area contributed by atoms with Gasteiger partial charge in [0.1, 0.15) is 0 Å². The Kier molecular flexibility index (Phi) is 8.91. The molecule has 0 saturated heterocycles. The zero-order valence-electron chi connectivity index (χ0n) is 9.96. The molecule has 0 unspecified atom stereocenters.